The van der Waals surface area contributed by atoms with Gasteiger partial charge < -0.3 is 4.74 Å². The molecule has 0 radical (unpaired) electrons. The van der Waals surface area contributed by atoms with Gasteiger partial charge in [-0.05, 0) is 30.7 Å². The third-order valence-corrected chi connectivity index (χ3v) is 5.61. The maximum Gasteiger partial charge on any atom is 0.119 e. The second kappa shape index (κ2) is 17.9. The van der Waals surface area contributed by atoms with Crippen molar-refractivity contribution in [1.82, 2.24) is 0 Å². The van der Waals surface area contributed by atoms with E-state index in [4.69, 9.17) is 4.74 Å². The monoisotopic (exact) mass is 424 g/mol. The van der Waals surface area contributed by atoms with Crippen LogP contribution in [0.15, 0.2) is 28.7 Å². The maximum absolute atomic E-state index is 5.76. The summed E-state index contributed by atoms with van der Waals surface area (Å²) in [5.74, 6) is 0.981. The van der Waals surface area contributed by atoms with E-state index in [1.807, 2.05) is 24.3 Å². The van der Waals surface area contributed by atoms with Gasteiger partial charge in [0.25, 0.3) is 0 Å². The lowest BCUT2D eigenvalue weighted by atomic mass is 10.0. The minimum absolute atomic E-state index is 0.847. The van der Waals surface area contributed by atoms with Crippen molar-refractivity contribution in [3.63, 3.8) is 0 Å². The zero-order chi connectivity index (χ0) is 18.7. The van der Waals surface area contributed by atoms with Gasteiger partial charge in [-0.15, -0.1) is 0 Å². The third kappa shape index (κ3) is 14.6. The average Bonchev–Trinajstić information content (AvgIpc) is 2.66. The van der Waals surface area contributed by atoms with Crippen LogP contribution in [0.25, 0.3) is 0 Å². The molecule has 0 aromatic heterocycles. The molecule has 1 rings (SSSR count). The number of hydrogen-bond donors (Lipinski definition) is 0. The van der Waals surface area contributed by atoms with E-state index in [2.05, 4.69) is 22.9 Å². The van der Waals surface area contributed by atoms with Gasteiger partial charge in [0.15, 0.2) is 0 Å². The first-order valence-electron chi connectivity index (χ1n) is 11.2. The van der Waals surface area contributed by atoms with Gasteiger partial charge in [-0.25, -0.2) is 0 Å². The summed E-state index contributed by atoms with van der Waals surface area (Å²) in [6, 6.07) is 8.11. The van der Waals surface area contributed by atoms with Crippen LogP contribution in [-0.2, 0) is 0 Å². The smallest absolute Gasteiger partial charge is 0.119 e. The van der Waals surface area contributed by atoms with Crippen molar-refractivity contribution < 1.29 is 4.74 Å². The van der Waals surface area contributed by atoms with Gasteiger partial charge >= 0.3 is 0 Å². The van der Waals surface area contributed by atoms with E-state index < -0.39 is 0 Å². The Kier molecular flexibility index (Phi) is 16.2. The Morgan fingerprint density at radius 3 is 1.38 bits per heavy atom. The van der Waals surface area contributed by atoms with Gasteiger partial charge in [-0.1, -0.05) is 119 Å². The van der Waals surface area contributed by atoms with Crippen LogP contribution in [0.1, 0.15) is 110 Å². The highest BCUT2D eigenvalue weighted by Crippen LogP contribution is 2.17. The fourth-order valence-electron chi connectivity index (χ4n) is 3.37. The SMILES string of the molecule is CCCCCCCCCCCCCCCCCCOc1ccc(Br)cc1. The van der Waals surface area contributed by atoms with Crippen LogP contribution in [0.5, 0.6) is 5.75 Å². The molecular formula is C24H41BrO. The molecule has 0 spiro atoms. The molecule has 0 atom stereocenters. The van der Waals surface area contributed by atoms with Gasteiger partial charge in [0.1, 0.15) is 5.75 Å². The molecule has 0 aliphatic heterocycles. The van der Waals surface area contributed by atoms with Gasteiger partial charge in [0.2, 0.25) is 0 Å². The lowest BCUT2D eigenvalue weighted by Crippen LogP contribution is -1.97. The van der Waals surface area contributed by atoms with Crippen LogP contribution in [0.3, 0.4) is 0 Å². The Morgan fingerprint density at radius 1 is 0.577 bits per heavy atom. The Bertz CT molecular complexity index is 401. The Labute approximate surface area is 171 Å². The fraction of sp³-hybridized carbons (Fsp3) is 0.750. The van der Waals surface area contributed by atoms with Crippen molar-refractivity contribution in [2.45, 2.75) is 110 Å². The van der Waals surface area contributed by atoms with Crippen molar-refractivity contribution in [3.05, 3.63) is 28.7 Å². The zero-order valence-corrected chi connectivity index (χ0v) is 18.7. The molecule has 1 nitrogen and oxygen atoms in total. The zero-order valence-electron chi connectivity index (χ0n) is 17.1. The van der Waals surface area contributed by atoms with Gasteiger partial charge in [-0.3, -0.25) is 0 Å². The summed E-state index contributed by atoms with van der Waals surface area (Å²) < 4.78 is 6.86. The first kappa shape index (κ1) is 23.5. The molecule has 0 saturated heterocycles. The van der Waals surface area contributed by atoms with Crippen LogP contribution < -0.4 is 4.74 Å². The molecule has 1 aromatic rings. The number of benzene rings is 1. The maximum atomic E-state index is 5.76. The van der Waals surface area contributed by atoms with Crippen molar-refractivity contribution in [2.24, 2.45) is 0 Å². The van der Waals surface area contributed by atoms with Crippen LogP contribution in [0.4, 0.5) is 0 Å². The lowest BCUT2D eigenvalue weighted by molar-refractivity contribution is 0.304. The molecule has 0 N–H and O–H groups in total. The topological polar surface area (TPSA) is 9.23 Å². The number of rotatable bonds is 18. The van der Waals surface area contributed by atoms with Gasteiger partial charge in [-0.2, -0.15) is 0 Å². The van der Waals surface area contributed by atoms with Gasteiger partial charge in [0, 0.05) is 4.47 Å². The van der Waals surface area contributed by atoms with Crippen molar-refractivity contribution in [3.8, 4) is 5.75 Å². The van der Waals surface area contributed by atoms with E-state index >= 15 is 0 Å². The van der Waals surface area contributed by atoms with Crippen LogP contribution >= 0.6 is 15.9 Å². The summed E-state index contributed by atoms with van der Waals surface area (Å²) in [5.41, 5.74) is 0. The second-order valence-corrected chi connectivity index (χ2v) is 8.52. The average molecular weight is 425 g/mol. The van der Waals surface area contributed by atoms with E-state index in [-0.39, 0.29) is 0 Å². The van der Waals surface area contributed by atoms with Crippen LogP contribution in [0, 0.1) is 0 Å². The van der Waals surface area contributed by atoms with Crippen molar-refractivity contribution in [1.29, 1.82) is 0 Å². The Balaban J connectivity index is 1.72. The van der Waals surface area contributed by atoms with E-state index in [0.717, 1.165) is 16.8 Å². The minimum atomic E-state index is 0.847. The molecule has 26 heavy (non-hydrogen) atoms. The molecule has 0 unspecified atom stereocenters. The molecule has 0 fully saturated rings. The number of hydrogen-bond acceptors (Lipinski definition) is 1. The first-order chi connectivity index (χ1) is 12.8. The Hall–Kier alpha value is -0.500. The molecule has 2 heteroatoms. The lowest BCUT2D eigenvalue weighted by Gasteiger charge is -2.06. The number of halogens is 1. The molecule has 0 bridgehead atoms. The van der Waals surface area contributed by atoms with E-state index in [9.17, 15) is 0 Å². The highest BCUT2D eigenvalue weighted by Gasteiger charge is 1.96. The predicted octanol–water partition coefficient (Wildman–Crippen LogP) is 9.09. The highest BCUT2D eigenvalue weighted by atomic mass is 79.9. The third-order valence-electron chi connectivity index (χ3n) is 5.08. The summed E-state index contributed by atoms with van der Waals surface area (Å²) in [6.45, 7) is 3.14. The van der Waals surface area contributed by atoms with E-state index in [0.29, 0.717) is 0 Å². The summed E-state index contributed by atoms with van der Waals surface area (Å²) in [7, 11) is 0. The fourth-order valence-corrected chi connectivity index (χ4v) is 3.64. The highest BCUT2D eigenvalue weighted by molar-refractivity contribution is 9.10. The molecule has 1 aromatic carbocycles. The standard InChI is InChI=1S/C24H41BrO/c1-2-3-4-5-6-7-8-9-10-11-12-13-14-15-16-17-22-26-24-20-18-23(25)19-21-24/h18-21H,2-17,22H2,1H3. The predicted molar refractivity (Wildman–Crippen MR) is 119 cm³/mol. The van der Waals surface area contributed by atoms with Crippen molar-refractivity contribution in [2.75, 3.05) is 6.61 Å². The number of ether oxygens (including phenoxy) is 1. The van der Waals surface area contributed by atoms with E-state index in [1.54, 1.807) is 0 Å². The van der Waals surface area contributed by atoms with Crippen LogP contribution in [-0.4, -0.2) is 6.61 Å². The molecule has 0 heterocycles. The molecule has 0 amide bonds. The molecule has 0 aliphatic rings. The largest absolute Gasteiger partial charge is 0.494 e. The minimum Gasteiger partial charge on any atom is -0.494 e. The summed E-state index contributed by atoms with van der Waals surface area (Å²) >= 11 is 3.44. The molecule has 0 saturated carbocycles. The molecule has 0 aliphatic carbocycles. The Morgan fingerprint density at radius 2 is 0.962 bits per heavy atom. The quantitative estimate of drug-likeness (QED) is 0.213. The summed E-state index contributed by atoms with van der Waals surface area (Å²) in [4.78, 5) is 0. The van der Waals surface area contributed by atoms with Gasteiger partial charge in [0.05, 0.1) is 6.61 Å². The summed E-state index contributed by atoms with van der Waals surface area (Å²) in [6.07, 6.45) is 22.5. The second-order valence-electron chi connectivity index (χ2n) is 7.61. The normalized spacial score (nSPS) is 11.0. The first-order valence-corrected chi connectivity index (χ1v) is 12.0. The van der Waals surface area contributed by atoms with Crippen LogP contribution in [0.2, 0.25) is 0 Å². The number of unbranched alkanes of at least 4 members (excludes halogenated alkanes) is 15. The molecule has 150 valence electrons. The van der Waals surface area contributed by atoms with Crippen molar-refractivity contribution >= 4 is 15.9 Å². The molecular weight excluding hydrogens is 384 g/mol. The van der Waals surface area contributed by atoms with E-state index in [1.165, 1.54) is 103 Å². The summed E-state index contributed by atoms with van der Waals surface area (Å²) in [5, 5.41) is 0.